The van der Waals surface area contributed by atoms with Crippen molar-refractivity contribution in [3.05, 3.63) is 24.0 Å². The molecular formula is C10H14N2. The third kappa shape index (κ3) is 2.44. The number of aryl methyl sites for hydroxylation is 1. The molecule has 1 aromatic heterocycles. The summed E-state index contributed by atoms with van der Waals surface area (Å²) in [6.45, 7) is 1.78. The number of hydrogen-bond donors (Lipinski definition) is 1. The summed E-state index contributed by atoms with van der Waals surface area (Å²) in [7, 11) is 2.04. The molecule has 0 amide bonds. The van der Waals surface area contributed by atoms with Crippen LogP contribution in [-0.4, -0.2) is 11.1 Å². The molecule has 0 unspecified atom stereocenters. The van der Waals surface area contributed by atoms with Crippen LogP contribution in [0.3, 0.4) is 0 Å². The summed E-state index contributed by atoms with van der Waals surface area (Å²) >= 11 is 0. The van der Waals surface area contributed by atoms with E-state index in [4.69, 9.17) is 6.42 Å². The van der Waals surface area contributed by atoms with Crippen LogP contribution in [0.2, 0.25) is 0 Å². The molecule has 0 atom stereocenters. The van der Waals surface area contributed by atoms with Gasteiger partial charge in [-0.05, 0) is 12.1 Å². The average molecular weight is 162 g/mol. The third-order valence-corrected chi connectivity index (χ3v) is 1.80. The predicted octanol–water partition coefficient (Wildman–Crippen LogP) is 1.14. The SMILES string of the molecule is C#CCCNCc1cccn1C. The summed E-state index contributed by atoms with van der Waals surface area (Å²) in [6.07, 6.45) is 7.96. The highest BCUT2D eigenvalue weighted by atomic mass is 15.0. The van der Waals surface area contributed by atoms with E-state index in [1.807, 2.05) is 19.3 Å². The average Bonchev–Trinajstić information content (AvgIpc) is 2.46. The molecule has 2 nitrogen and oxygen atoms in total. The van der Waals surface area contributed by atoms with E-state index in [-0.39, 0.29) is 0 Å². The summed E-state index contributed by atoms with van der Waals surface area (Å²) in [6, 6.07) is 4.14. The first kappa shape index (κ1) is 8.89. The van der Waals surface area contributed by atoms with Gasteiger partial charge in [0.1, 0.15) is 0 Å². The van der Waals surface area contributed by atoms with Gasteiger partial charge in [-0.1, -0.05) is 0 Å². The summed E-state index contributed by atoms with van der Waals surface area (Å²) in [5, 5.41) is 3.27. The van der Waals surface area contributed by atoms with Gasteiger partial charge in [-0.25, -0.2) is 0 Å². The van der Waals surface area contributed by atoms with Crippen molar-refractivity contribution in [3.8, 4) is 12.3 Å². The Labute approximate surface area is 73.6 Å². The van der Waals surface area contributed by atoms with Crippen molar-refractivity contribution in [2.45, 2.75) is 13.0 Å². The van der Waals surface area contributed by atoms with Crippen molar-refractivity contribution in [2.75, 3.05) is 6.54 Å². The van der Waals surface area contributed by atoms with E-state index in [0.717, 1.165) is 19.5 Å². The zero-order chi connectivity index (χ0) is 8.81. The van der Waals surface area contributed by atoms with E-state index in [0.29, 0.717) is 0 Å². The van der Waals surface area contributed by atoms with Crippen LogP contribution in [0.4, 0.5) is 0 Å². The standard InChI is InChI=1S/C10H14N2/c1-3-4-7-11-9-10-6-5-8-12(10)2/h1,5-6,8,11H,4,7,9H2,2H3. The number of rotatable bonds is 4. The number of terminal acetylenes is 1. The Morgan fingerprint density at radius 2 is 2.50 bits per heavy atom. The Morgan fingerprint density at radius 3 is 3.08 bits per heavy atom. The summed E-state index contributed by atoms with van der Waals surface area (Å²) in [5.74, 6) is 2.59. The van der Waals surface area contributed by atoms with Crippen LogP contribution in [0, 0.1) is 12.3 Å². The smallest absolute Gasteiger partial charge is 0.0359 e. The van der Waals surface area contributed by atoms with Crippen molar-refractivity contribution in [1.29, 1.82) is 0 Å². The third-order valence-electron chi connectivity index (χ3n) is 1.80. The normalized spacial score (nSPS) is 9.67. The van der Waals surface area contributed by atoms with Crippen molar-refractivity contribution in [2.24, 2.45) is 7.05 Å². The Hall–Kier alpha value is -1.20. The summed E-state index contributed by atoms with van der Waals surface area (Å²) in [4.78, 5) is 0. The van der Waals surface area contributed by atoms with Crippen molar-refractivity contribution in [3.63, 3.8) is 0 Å². The molecule has 1 aromatic rings. The van der Waals surface area contributed by atoms with Gasteiger partial charge in [-0.3, -0.25) is 0 Å². The zero-order valence-electron chi connectivity index (χ0n) is 7.38. The topological polar surface area (TPSA) is 17.0 Å². The second kappa shape index (κ2) is 4.63. The lowest BCUT2D eigenvalue weighted by Crippen LogP contribution is -2.15. The highest BCUT2D eigenvalue weighted by Crippen LogP contribution is 1.97. The quantitative estimate of drug-likeness (QED) is 0.519. The van der Waals surface area contributed by atoms with Gasteiger partial charge in [-0.15, -0.1) is 12.3 Å². The highest BCUT2D eigenvalue weighted by molar-refractivity contribution is 5.05. The van der Waals surface area contributed by atoms with E-state index in [1.165, 1.54) is 5.69 Å². The van der Waals surface area contributed by atoms with Gasteiger partial charge in [0.15, 0.2) is 0 Å². The van der Waals surface area contributed by atoms with Crippen LogP contribution in [0.15, 0.2) is 18.3 Å². The molecule has 0 spiro atoms. The molecule has 0 radical (unpaired) electrons. The maximum Gasteiger partial charge on any atom is 0.0359 e. The van der Waals surface area contributed by atoms with Gasteiger partial charge in [-0.2, -0.15) is 0 Å². The van der Waals surface area contributed by atoms with Gasteiger partial charge < -0.3 is 9.88 Å². The molecule has 0 aromatic carbocycles. The molecule has 0 saturated carbocycles. The van der Waals surface area contributed by atoms with Crippen molar-refractivity contribution >= 4 is 0 Å². The van der Waals surface area contributed by atoms with Gasteiger partial charge >= 0.3 is 0 Å². The minimum Gasteiger partial charge on any atom is -0.353 e. The first-order chi connectivity index (χ1) is 5.84. The summed E-state index contributed by atoms with van der Waals surface area (Å²) in [5.41, 5.74) is 1.28. The first-order valence-electron chi connectivity index (χ1n) is 4.09. The molecule has 1 N–H and O–H groups in total. The van der Waals surface area contributed by atoms with E-state index in [1.54, 1.807) is 0 Å². The van der Waals surface area contributed by atoms with Crippen LogP contribution in [-0.2, 0) is 13.6 Å². The number of hydrogen-bond acceptors (Lipinski definition) is 1. The molecule has 0 aliphatic carbocycles. The molecule has 1 rings (SSSR count). The lowest BCUT2D eigenvalue weighted by molar-refractivity contribution is 0.663. The number of nitrogens with one attached hydrogen (secondary N) is 1. The van der Waals surface area contributed by atoms with Gasteiger partial charge in [0.25, 0.3) is 0 Å². The van der Waals surface area contributed by atoms with E-state index in [9.17, 15) is 0 Å². The van der Waals surface area contributed by atoms with Crippen LogP contribution < -0.4 is 5.32 Å². The molecule has 0 fully saturated rings. The van der Waals surface area contributed by atoms with Crippen LogP contribution in [0.25, 0.3) is 0 Å². The van der Waals surface area contributed by atoms with E-state index in [2.05, 4.69) is 21.9 Å². The Kier molecular flexibility index (Phi) is 3.43. The molecule has 0 saturated heterocycles. The molecule has 12 heavy (non-hydrogen) atoms. The van der Waals surface area contributed by atoms with Crippen molar-refractivity contribution < 1.29 is 0 Å². The van der Waals surface area contributed by atoms with Gasteiger partial charge in [0, 0.05) is 38.4 Å². The molecule has 1 heterocycles. The fourth-order valence-electron chi connectivity index (χ4n) is 1.06. The Bertz CT molecular complexity index is 268. The van der Waals surface area contributed by atoms with Crippen LogP contribution >= 0.6 is 0 Å². The molecule has 0 aliphatic rings. The molecular weight excluding hydrogens is 148 g/mol. The maximum atomic E-state index is 5.12. The second-order valence-corrected chi connectivity index (χ2v) is 2.74. The summed E-state index contributed by atoms with van der Waals surface area (Å²) < 4.78 is 2.10. The van der Waals surface area contributed by atoms with Crippen LogP contribution in [0.1, 0.15) is 12.1 Å². The molecule has 0 bridgehead atoms. The minimum atomic E-state index is 0.796. The van der Waals surface area contributed by atoms with Gasteiger partial charge in [0.05, 0.1) is 0 Å². The second-order valence-electron chi connectivity index (χ2n) is 2.74. The molecule has 2 heteroatoms. The van der Waals surface area contributed by atoms with Gasteiger partial charge in [0.2, 0.25) is 0 Å². The Balaban J connectivity index is 2.25. The zero-order valence-corrected chi connectivity index (χ0v) is 7.38. The monoisotopic (exact) mass is 162 g/mol. The minimum absolute atomic E-state index is 0.796. The van der Waals surface area contributed by atoms with Crippen molar-refractivity contribution in [1.82, 2.24) is 9.88 Å². The first-order valence-corrected chi connectivity index (χ1v) is 4.09. The highest BCUT2D eigenvalue weighted by Gasteiger charge is 1.94. The predicted molar refractivity (Wildman–Crippen MR) is 50.6 cm³/mol. The molecule has 64 valence electrons. The maximum absolute atomic E-state index is 5.12. The van der Waals surface area contributed by atoms with E-state index >= 15 is 0 Å². The molecule has 0 aliphatic heterocycles. The lowest BCUT2D eigenvalue weighted by Gasteiger charge is -2.03. The number of aromatic nitrogens is 1. The fourth-order valence-corrected chi connectivity index (χ4v) is 1.06. The fraction of sp³-hybridized carbons (Fsp3) is 0.400. The van der Waals surface area contributed by atoms with Crippen LogP contribution in [0.5, 0.6) is 0 Å². The largest absolute Gasteiger partial charge is 0.353 e. The lowest BCUT2D eigenvalue weighted by atomic mass is 10.4. The Morgan fingerprint density at radius 1 is 1.67 bits per heavy atom. The van der Waals surface area contributed by atoms with E-state index < -0.39 is 0 Å². The number of nitrogens with zero attached hydrogens (tertiary/aromatic N) is 1.